The second-order valence-corrected chi connectivity index (χ2v) is 5.84. The van der Waals surface area contributed by atoms with Crippen LogP contribution in [-0.2, 0) is 4.79 Å². The van der Waals surface area contributed by atoms with Crippen molar-refractivity contribution in [3.05, 3.63) is 23.8 Å². The van der Waals surface area contributed by atoms with Gasteiger partial charge in [0.05, 0.1) is 11.3 Å². The van der Waals surface area contributed by atoms with Crippen molar-refractivity contribution < 1.29 is 14.3 Å². The lowest BCUT2D eigenvalue weighted by molar-refractivity contribution is -0.118. The number of para-hydroxylation sites is 1. The summed E-state index contributed by atoms with van der Waals surface area (Å²) in [7, 11) is 0. The highest BCUT2D eigenvalue weighted by Gasteiger charge is 2.26. The summed E-state index contributed by atoms with van der Waals surface area (Å²) in [5.41, 5.74) is 1.03. The van der Waals surface area contributed by atoms with Gasteiger partial charge in [-0.05, 0) is 37.3 Å². The molecule has 0 bridgehead atoms. The first-order valence-electron chi connectivity index (χ1n) is 7.50. The SMILES string of the molecule is CC1CCCN(C(=O)c2cccc3c2NC(=O)CO3)CC1. The third-order valence-corrected chi connectivity index (χ3v) is 4.18. The smallest absolute Gasteiger partial charge is 0.262 e. The van der Waals surface area contributed by atoms with E-state index >= 15 is 0 Å². The van der Waals surface area contributed by atoms with E-state index in [1.54, 1.807) is 18.2 Å². The van der Waals surface area contributed by atoms with Gasteiger partial charge in [0.1, 0.15) is 5.75 Å². The van der Waals surface area contributed by atoms with Crippen LogP contribution in [0, 0.1) is 5.92 Å². The minimum absolute atomic E-state index is 0.00583. The largest absolute Gasteiger partial charge is 0.482 e. The number of rotatable bonds is 1. The molecule has 1 aromatic carbocycles. The van der Waals surface area contributed by atoms with Crippen LogP contribution in [0.1, 0.15) is 36.5 Å². The summed E-state index contributed by atoms with van der Waals surface area (Å²) in [5, 5.41) is 2.76. The van der Waals surface area contributed by atoms with Crippen molar-refractivity contribution >= 4 is 17.5 Å². The molecule has 5 heteroatoms. The van der Waals surface area contributed by atoms with Gasteiger partial charge in [0.25, 0.3) is 11.8 Å². The Morgan fingerprint density at radius 1 is 1.33 bits per heavy atom. The lowest BCUT2D eigenvalue weighted by Gasteiger charge is -2.25. The molecule has 0 saturated carbocycles. The fourth-order valence-corrected chi connectivity index (χ4v) is 2.91. The number of carbonyl (C=O) groups is 2. The van der Waals surface area contributed by atoms with E-state index in [9.17, 15) is 9.59 Å². The van der Waals surface area contributed by atoms with E-state index in [0.717, 1.165) is 32.4 Å². The first-order chi connectivity index (χ1) is 10.1. The molecule has 2 aliphatic rings. The lowest BCUT2D eigenvalue weighted by atomic mass is 10.0. The van der Waals surface area contributed by atoms with Crippen molar-refractivity contribution in [2.24, 2.45) is 5.92 Å². The van der Waals surface area contributed by atoms with Gasteiger partial charge in [-0.3, -0.25) is 9.59 Å². The molecule has 0 aromatic heterocycles. The first kappa shape index (κ1) is 13.9. The molecule has 1 fully saturated rings. The molecule has 2 amide bonds. The highest BCUT2D eigenvalue weighted by Crippen LogP contribution is 2.32. The average molecular weight is 288 g/mol. The summed E-state index contributed by atoms with van der Waals surface area (Å²) in [6, 6.07) is 5.32. The minimum atomic E-state index is -0.216. The third-order valence-electron chi connectivity index (χ3n) is 4.18. The van der Waals surface area contributed by atoms with Gasteiger partial charge in [-0.2, -0.15) is 0 Å². The Hall–Kier alpha value is -2.04. The Bertz CT molecular complexity index is 571. The van der Waals surface area contributed by atoms with Crippen LogP contribution in [0.3, 0.4) is 0 Å². The summed E-state index contributed by atoms with van der Waals surface area (Å²) in [5.74, 6) is 0.998. The number of nitrogens with zero attached hydrogens (tertiary/aromatic N) is 1. The van der Waals surface area contributed by atoms with Crippen molar-refractivity contribution in [2.45, 2.75) is 26.2 Å². The van der Waals surface area contributed by atoms with Gasteiger partial charge < -0.3 is 15.0 Å². The molecule has 1 unspecified atom stereocenters. The zero-order valence-corrected chi connectivity index (χ0v) is 12.2. The summed E-state index contributed by atoms with van der Waals surface area (Å²) in [4.78, 5) is 26.2. The lowest BCUT2D eigenvalue weighted by Crippen LogP contribution is -2.34. The van der Waals surface area contributed by atoms with E-state index in [-0.39, 0.29) is 18.4 Å². The first-order valence-corrected chi connectivity index (χ1v) is 7.50. The molecule has 1 atom stereocenters. The molecule has 0 aliphatic carbocycles. The highest BCUT2D eigenvalue weighted by atomic mass is 16.5. The molecule has 1 saturated heterocycles. The summed E-state index contributed by atoms with van der Waals surface area (Å²) >= 11 is 0. The molecule has 112 valence electrons. The predicted molar refractivity (Wildman–Crippen MR) is 79.5 cm³/mol. The van der Waals surface area contributed by atoms with E-state index in [0.29, 0.717) is 22.9 Å². The van der Waals surface area contributed by atoms with Crippen LogP contribution in [0.4, 0.5) is 5.69 Å². The average Bonchev–Trinajstić information content (AvgIpc) is 2.70. The summed E-state index contributed by atoms with van der Waals surface area (Å²) < 4.78 is 5.37. The number of hydrogen-bond donors (Lipinski definition) is 1. The molecule has 2 aliphatic heterocycles. The normalized spacial score (nSPS) is 21.9. The van der Waals surface area contributed by atoms with E-state index in [1.165, 1.54) is 0 Å². The standard InChI is InChI=1S/C16H20N2O3/c1-11-4-3-8-18(9-7-11)16(20)12-5-2-6-13-15(12)17-14(19)10-21-13/h2,5-6,11H,3-4,7-10H2,1H3,(H,17,19). The zero-order valence-electron chi connectivity index (χ0n) is 12.2. The summed E-state index contributed by atoms with van der Waals surface area (Å²) in [6.45, 7) is 3.79. The molecule has 2 heterocycles. The molecule has 5 nitrogen and oxygen atoms in total. The Labute approximate surface area is 124 Å². The molecule has 0 spiro atoms. The van der Waals surface area contributed by atoms with Gasteiger partial charge in [-0.25, -0.2) is 0 Å². The van der Waals surface area contributed by atoms with Crippen LogP contribution in [-0.4, -0.2) is 36.4 Å². The van der Waals surface area contributed by atoms with Crippen LogP contribution in [0.15, 0.2) is 18.2 Å². The number of hydrogen-bond acceptors (Lipinski definition) is 3. The third kappa shape index (κ3) is 2.86. The van der Waals surface area contributed by atoms with E-state index in [2.05, 4.69) is 12.2 Å². The number of anilines is 1. The second-order valence-electron chi connectivity index (χ2n) is 5.84. The fourth-order valence-electron chi connectivity index (χ4n) is 2.91. The number of fused-ring (bicyclic) bond motifs is 1. The van der Waals surface area contributed by atoms with Crippen LogP contribution in [0.5, 0.6) is 5.75 Å². The highest BCUT2D eigenvalue weighted by molar-refractivity contribution is 6.06. The number of likely N-dealkylation sites (tertiary alicyclic amines) is 1. The minimum Gasteiger partial charge on any atom is -0.482 e. The van der Waals surface area contributed by atoms with Gasteiger partial charge >= 0.3 is 0 Å². The number of nitrogens with one attached hydrogen (secondary N) is 1. The van der Waals surface area contributed by atoms with Gasteiger partial charge in [-0.1, -0.05) is 13.0 Å². The Morgan fingerprint density at radius 3 is 3.05 bits per heavy atom. The van der Waals surface area contributed by atoms with E-state index < -0.39 is 0 Å². The van der Waals surface area contributed by atoms with Crippen molar-refractivity contribution in [2.75, 3.05) is 25.0 Å². The maximum atomic E-state index is 12.8. The van der Waals surface area contributed by atoms with Crippen LogP contribution in [0.25, 0.3) is 0 Å². The predicted octanol–water partition coefficient (Wildman–Crippen LogP) is 2.28. The van der Waals surface area contributed by atoms with Gasteiger partial charge in [0, 0.05) is 13.1 Å². The number of carbonyl (C=O) groups excluding carboxylic acids is 2. The molecular weight excluding hydrogens is 268 g/mol. The summed E-state index contributed by atoms with van der Waals surface area (Å²) in [6.07, 6.45) is 3.23. The monoisotopic (exact) mass is 288 g/mol. The molecule has 1 N–H and O–H groups in total. The van der Waals surface area contributed by atoms with Crippen LogP contribution >= 0.6 is 0 Å². The van der Waals surface area contributed by atoms with Gasteiger partial charge in [0.2, 0.25) is 0 Å². The maximum Gasteiger partial charge on any atom is 0.262 e. The fraction of sp³-hybridized carbons (Fsp3) is 0.500. The maximum absolute atomic E-state index is 12.8. The van der Waals surface area contributed by atoms with E-state index in [1.807, 2.05) is 4.90 Å². The van der Waals surface area contributed by atoms with E-state index in [4.69, 9.17) is 4.74 Å². The van der Waals surface area contributed by atoms with Crippen LogP contribution < -0.4 is 10.1 Å². The van der Waals surface area contributed by atoms with Gasteiger partial charge in [-0.15, -0.1) is 0 Å². The molecule has 1 aromatic rings. The number of ether oxygens (including phenoxy) is 1. The Balaban J connectivity index is 1.86. The molecule has 3 rings (SSSR count). The van der Waals surface area contributed by atoms with Crippen molar-refractivity contribution in [1.29, 1.82) is 0 Å². The molecular formula is C16H20N2O3. The Kier molecular flexibility index (Phi) is 3.82. The zero-order chi connectivity index (χ0) is 14.8. The topological polar surface area (TPSA) is 58.6 Å². The second kappa shape index (κ2) is 5.76. The Morgan fingerprint density at radius 2 is 2.19 bits per heavy atom. The van der Waals surface area contributed by atoms with Gasteiger partial charge in [0.15, 0.2) is 6.61 Å². The molecule has 21 heavy (non-hydrogen) atoms. The van der Waals surface area contributed by atoms with Crippen molar-refractivity contribution in [3.8, 4) is 5.75 Å². The van der Waals surface area contributed by atoms with Crippen molar-refractivity contribution in [1.82, 2.24) is 4.90 Å². The molecule has 0 radical (unpaired) electrons. The quantitative estimate of drug-likeness (QED) is 0.862. The number of benzene rings is 1. The van der Waals surface area contributed by atoms with Crippen molar-refractivity contribution in [3.63, 3.8) is 0 Å². The van der Waals surface area contributed by atoms with Crippen LogP contribution in [0.2, 0.25) is 0 Å². The number of amides is 2.